The summed E-state index contributed by atoms with van der Waals surface area (Å²) in [4.78, 5) is 13.5. The van der Waals surface area contributed by atoms with Crippen LogP contribution in [0.1, 0.15) is 25.7 Å². The van der Waals surface area contributed by atoms with Gasteiger partial charge in [-0.25, -0.2) is 0 Å². The van der Waals surface area contributed by atoms with Crippen molar-refractivity contribution < 1.29 is 4.79 Å². The van der Waals surface area contributed by atoms with Crippen molar-refractivity contribution in [2.75, 3.05) is 12.4 Å². The predicted molar refractivity (Wildman–Crippen MR) is 80.9 cm³/mol. The molecule has 2 aromatic rings. The summed E-state index contributed by atoms with van der Waals surface area (Å²) in [6.45, 7) is 2.56. The van der Waals surface area contributed by atoms with Crippen molar-refractivity contribution in [3.05, 3.63) is 51.2 Å². The standard InChI is InChI=1S/C15H15N3OS/c1-10-13(15(19)17-2)4-3-5-14(10)18-9-12-7-6-11(8-16)20-12/h3-7,18H,9H2,1-2H3,(H,17,19). The molecule has 1 heterocycles. The Bertz CT molecular complexity index is 670. The van der Waals surface area contributed by atoms with Gasteiger partial charge in [0.2, 0.25) is 0 Å². The zero-order valence-corrected chi connectivity index (χ0v) is 12.2. The van der Waals surface area contributed by atoms with Crippen molar-refractivity contribution in [1.29, 1.82) is 5.26 Å². The normalized spacial score (nSPS) is 9.85. The van der Waals surface area contributed by atoms with Gasteiger partial charge in [0.1, 0.15) is 10.9 Å². The number of carbonyl (C=O) groups is 1. The van der Waals surface area contributed by atoms with E-state index < -0.39 is 0 Å². The van der Waals surface area contributed by atoms with Gasteiger partial charge in [0, 0.05) is 29.7 Å². The van der Waals surface area contributed by atoms with Gasteiger partial charge in [0.25, 0.3) is 5.91 Å². The fourth-order valence-corrected chi connectivity index (χ4v) is 2.67. The number of amides is 1. The second kappa shape index (κ2) is 6.22. The summed E-state index contributed by atoms with van der Waals surface area (Å²) in [6, 6.07) is 11.5. The maximum atomic E-state index is 11.7. The van der Waals surface area contributed by atoms with Gasteiger partial charge in [0.15, 0.2) is 0 Å². The zero-order chi connectivity index (χ0) is 14.5. The van der Waals surface area contributed by atoms with E-state index in [1.807, 2.05) is 31.2 Å². The molecule has 0 unspecified atom stereocenters. The van der Waals surface area contributed by atoms with Crippen LogP contribution in [0, 0.1) is 18.3 Å². The Hall–Kier alpha value is -2.32. The number of rotatable bonds is 4. The van der Waals surface area contributed by atoms with Crippen LogP contribution in [-0.4, -0.2) is 13.0 Å². The molecule has 0 aliphatic rings. The van der Waals surface area contributed by atoms with Crippen molar-refractivity contribution >= 4 is 22.9 Å². The fraction of sp³-hybridized carbons (Fsp3) is 0.200. The summed E-state index contributed by atoms with van der Waals surface area (Å²) in [5.74, 6) is -0.0889. The van der Waals surface area contributed by atoms with Crippen LogP contribution >= 0.6 is 11.3 Å². The number of nitrogens with zero attached hydrogens (tertiary/aromatic N) is 1. The first-order chi connectivity index (χ1) is 9.65. The largest absolute Gasteiger partial charge is 0.380 e. The summed E-state index contributed by atoms with van der Waals surface area (Å²) < 4.78 is 0. The minimum absolute atomic E-state index is 0.0889. The average Bonchev–Trinajstić information content (AvgIpc) is 2.93. The molecule has 0 aliphatic carbocycles. The highest BCUT2D eigenvalue weighted by Crippen LogP contribution is 2.21. The molecule has 20 heavy (non-hydrogen) atoms. The maximum Gasteiger partial charge on any atom is 0.251 e. The number of hydrogen-bond acceptors (Lipinski definition) is 4. The third kappa shape index (κ3) is 2.98. The molecule has 0 aliphatic heterocycles. The van der Waals surface area contributed by atoms with E-state index in [0.717, 1.165) is 16.1 Å². The molecule has 2 rings (SSSR count). The Morgan fingerprint density at radius 2 is 2.15 bits per heavy atom. The smallest absolute Gasteiger partial charge is 0.251 e. The van der Waals surface area contributed by atoms with Gasteiger partial charge in [-0.3, -0.25) is 4.79 Å². The molecular formula is C15H15N3OS. The van der Waals surface area contributed by atoms with Crippen molar-refractivity contribution in [2.45, 2.75) is 13.5 Å². The molecule has 0 atom stereocenters. The van der Waals surface area contributed by atoms with Gasteiger partial charge in [0.05, 0.1) is 0 Å². The topological polar surface area (TPSA) is 64.9 Å². The summed E-state index contributed by atoms with van der Waals surface area (Å²) in [5, 5.41) is 14.7. The Balaban J connectivity index is 2.14. The van der Waals surface area contributed by atoms with Crippen molar-refractivity contribution in [3.63, 3.8) is 0 Å². The third-order valence-corrected chi connectivity index (χ3v) is 4.02. The molecule has 0 radical (unpaired) electrons. The molecule has 102 valence electrons. The lowest BCUT2D eigenvalue weighted by Crippen LogP contribution is -2.19. The number of anilines is 1. The van der Waals surface area contributed by atoms with E-state index in [4.69, 9.17) is 5.26 Å². The van der Waals surface area contributed by atoms with E-state index in [9.17, 15) is 4.79 Å². The lowest BCUT2D eigenvalue weighted by atomic mass is 10.1. The van der Waals surface area contributed by atoms with E-state index in [1.165, 1.54) is 11.3 Å². The van der Waals surface area contributed by atoms with Crippen LogP contribution in [0.4, 0.5) is 5.69 Å². The Labute approximate surface area is 122 Å². The molecule has 0 bridgehead atoms. The van der Waals surface area contributed by atoms with Gasteiger partial charge in [-0.15, -0.1) is 11.3 Å². The number of carbonyl (C=O) groups excluding carboxylic acids is 1. The molecule has 5 heteroatoms. The van der Waals surface area contributed by atoms with Crippen LogP contribution in [0.25, 0.3) is 0 Å². The number of nitrogens with one attached hydrogen (secondary N) is 2. The van der Waals surface area contributed by atoms with Crippen LogP contribution < -0.4 is 10.6 Å². The average molecular weight is 285 g/mol. The first-order valence-corrected chi connectivity index (χ1v) is 7.01. The molecule has 4 nitrogen and oxygen atoms in total. The zero-order valence-electron chi connectivity index (χ0n) is 11.4. The quantitative estimate of drug-likeness (QED) is 0.907. The second-order valence-electron chi connectivity index (χ2n) is 4.29. The Morgan fingerprint density at radius 1 is 1.35 bits per heavy atom. The summed E-state index contributed by atoms with van der Waals surface area (Å²) in [7, 11) is 1.62. The van der Waals surface area contributed by atoms with Gasteiger partial charge in [-0.2, -0.15) is 5.26 Å². The van der Waals surface area contributed by atoms with E-state index in [-0.39, 0.29) is 5.91 Å². The molecule has 1 aromatic heterocycles. The number of hydrogen-bond donors (Lipinski definition) is 2. The van der Waals surface area contributed by atoms with Crippen molar-refractivity contribution in [2.24, 2.45) is 0 Å². The molecule has 0 saturated carbocycles. The minimum atomic E-state index is -0.0889. The van der Waals surface area contributed by atoms with E-state index in [1.54, 1.807) is 13.1 Å². The number of thiophene rings is 1. The summed E-state index contributed by atoms with van der Waals surface area (Å²) in [5.41, 5.74) is 2.52. The van der Waals surface area contributed by atoms with Crippen LogP contribution in [0.5, 0.6) is 0 Å². The molecule has 1 aromatic carbocycles. The lowest BCUT2D eigenvalue weighted by Gasteiger charge is -2.12. The Morgan fingerprint density at radius 3 is 2.80 bits per heavy atom. The summed E-state index contributed by atoms with van der Waals surface area (Å²) in [6.07, 6.45) is 0. The SMILES string of the molecule is CNC(=O)c1cccc(NCc2ccc(C#N)s2)c1C. The second-order valence-corrected chi connectivity index (χ2v) is 5.46. The van der Waals surface area contributed by atoms with Gasteiger partial charge >= 0.3 is 0 Å². The maximum absolute atomic E-state index is 11.7. The van der Waals surface area contributed by atoms with Gasteiger partial charge < -0.3 is 10.6 Å². The number of benzene rings is 1. The van der Waals surface area contributed by atoms with Gasteiger partial charge in [-0.1, -0.05) is 6.07 Å². The predicted octanol–water partition coefficient (Wildman–Crippen LogP) is 2.90. The highest BCUT2D eigenvalue weighted by atomic mass is 32.1. The number of nitriles is 1. The first-order valence-electron chi connectivity index (χ1n) is 6.20. The molecular weight excluding hydrogens is 270 g/mol. The summed E-state index contributed by atoms with van der Waals surface area (Å²) >= 11 is 1.47. The van der Waals surface area contributed by atoms with E-state index >= 15 is 0 Å². The highest BCUT2D eigenvalue weighted by Gasteiger charge is 2.10. The minimum Gasteiger partial charge on any atom is -0.380 e. The van der Waals surface area contributed by atoms with E-state index in [2.05, 4.69) is 16.7 Å². The van der Waals surface area contributed by atoms with Crippen molar-refractivity contribution in [1.82, 2.24) is 5.32 Å². The molecule has 0 fully saturated rings. The lowest BCUT2D eigenvalue weighted by molar-refractivity contribution is 0.0962. The molecule has 2 N–H and O–H groups in total. The van der Waals surface area contributed by atoms with Crippen LogP contribution in [0.15, 0.2) is 30.3 Å². The molecule has 0 saturated heterocycles. The first kappa shape index (κ1) is 14.1. The Kier molecular flexibility index (Phi) is 4.38. The van der Waals surface area contributed by atoms with Crippen molar-refractivity contribution in [3.8, 4) is 6.07 Å². The fourth-order valence-electron chi connectivity index (χ4n) is 1.92. The van der Waals surface area contributed by atoms with Crippen LogP contribution in [0.3, 0.4) is 0 Å². The highest BCUT2D eigenvalue weighted by molar-refractivity contribution is 7.12. The third-order valence-electron chi connectivity index (χ3n) is 3.03. The molecule has 1 amide bonds. The molecule has 0 spiro atoms. The van der Waals surface area contributed by atoms with Gasteiger partial charge in [-0.05, 0) is 36.8 Å². The monoisotopic (exact) mass is 285 g/mol. The van der Waals surface area contributed by atoms with Crippen LogP contribution in [0.2, 0.25) is 0 Å². The van der Waals surface area contributed by atoms with E-state index in [0.29, 0.717) is 17.0 Å². The van der Waals surface area contributed by atoms with Crippen LogP contribution in [-0.2, 0) is 6.54 Å².